The summed E-state index contributed by atoms with van der Waals surface area (Å²) in [6.45, 7) is 2.24. The van der Waals surface area contributed by atoms with Crippen molar-refractivity contribution < 1.29 is 9.72 Å². The van der Waals surface area contributed by atoms with Crippen LogP contribution >= 0.6 is 15.9 Å². The van der Waals surface area contributed by atoms with Crippen molar-refractivity contribution in [3.63, 3.8) is 0 Å². The first-order chi connectivity index (χ1) is 9.56. The molecule has 0 N–H and O–H groups in total. The summed E-state index contributed by atoms with van der Waals surface area (Å²) in [5, 5.41) is 11.9. The Balaban J connectivity index is 2.36. The van der Waals surface area contributed by atoms with E-state index in [0.29, 0.717) is 17.4 Å². The molecule has 0 aromatic heterocycles. The van der Waals surface area contributed by atoms with Gasteiger partial charge >= 0.3 is 0 Å². The number of amides is 1. The van der Waals surface area contributed by atoms with E-state index in [4.69, 9.17) is 0 Å². The molecule has 1 aromatic rings. The lowest BCUT2D eigenvalue weighted by Crippen LogP contribution is -2.45. The maximum Gasteiger partial charge on any atom is 0.285 e. The zero-order chi connectivity index (χ0) is 14.7. The van der Waals surface area contributed by atoms with Gasteiger partial charge in [-0.3, -0.25) is 14.9 Å². The average molecular weight is 341 g/mol. The third-order valence-electron chi connectivity index (χ3n) is 3.75. The van der Waals surface area contributed by atoms with E-state index in [2.05, 4.69) is 15.9 Å². The van der Waals surface area contributed by atoms with Gasteiger partial charge < -0.3 is 4.90 Å². The van der Waals surface area contributed by atoms with E-state index in [0.717, 1.165) is 19.3 Å². The molecule has 1 aliphatic rings. The SMILES string of the molecule is Cc1cccc(C(=O)N(CCBr)C2CCC2)c1[N+](=O)[O-]. The average Bonchev–Trinajstić information content (AvgIpc) is 2.34. The molecule has 1 saturated carbocycles. The minimum Gasteiger partial charge on any atom is -0.335 e. The van der Waals surface area contributed by atoms with Gasteiger partial charge in [-0.2, -0.15) is 0 Å². The molecule has 0 spiro atoms. The van der Waals surface area contributed by atoms with Gasteiger partial charge in [0.05, 0.1) is 4.92 Å². The molecule has 108 valence electrons. The first-order valence-electron chi connectivity index (χ1n) is 6.67. The minimum absolute atomic E-state index is 0.0728. The van der Waals surface area contributed by atoms with Crippen molar-refractivity contribution in [1.82, 2.24) is 4.90 Å². The number of hydrogen-bond acceptors (Lipinski definition) is 3. The van der Waals surface area contributed by atoms with Gasteiger partial charge in [-0.1, -0.05) is 28.1 Å². The van der Waals surface area contributed by atoms with Crippen LogP contribution < -0.4 is 0 Å². The van der Waals surface area contributed by atoms with Crippen LogP contribution in [-0.4, -0.2) is 33.6 Å². The zero-order valence-corrected chi connectivity index (χ0v) is 12.9. The maximum absolute atomic E-state index is 12.6. The van der Waals surface area contributed by atoms with Crippen LogP contribution in [0.4, 0.5) is 5.69 Å². The fourth-order valence-corrected chi connectivity index (χ4v) is 2.85. The lowest BCUT2D eigenvalue weighted by Gasteiger charge is -2.37. The Morgan fingerprint density at radius 2 is 2.20 bits per heavy atom. The summed E-state index contributed by atoms with van der Waals surface area (Å²) in [5.74, 6) is -0.232. The summed E-state index contributed by atoms with van der Waals surface area (Å²) in [4.78, 5) is 25.2. The third kappa shape index (κ3) is 2.85. The van der Waals surface area contributed by atoms with Gasteiger partial charge in [-0.25, -0.2) is 0 Å². The van der Waals surface area contributed by atoms with Gasteiger partial charge in [0.25, 0.3) is 11.6 Å². The number of nitro groups is 1. The van der Waals surface area contributed by atoms with Crippen LogP contribution in [0.2, 0.25) is 0 Å². The van der Waals surface area contributed by atoms with E-state index in [1.165, 1.54) is 0 Å². The van der Waals surface area contributed by atoms with Crippen molar-refractivity contribution in [2.24, 2.45) is 0 Å². The van der Waals surface area contributed by atoms with Crippen molar-refractivity contribution >= 4 is 27.5 Å². The van der Waals surface area contributed by atoms with Gasteiger partial charge in [0.1, 0.15) is 5.56 Å². The van der Waals surface area contributed by atoms with Crippen LogP contribution in [-0.2, 0) is 0 Å². The molecule has 0 heterocycles. The zero-order valence-electron chi connectivity index (χ0n) is 11.3. The molecule has 1 aliphatic carbocycles. The maximum atomic E-state index is 12.6. The number of alkyl halides is 1. The van der Waals surface area contributed by atoms with Crippen molar-refractivity contribution in [2.75, 3.05) is 11.9 Å². The lowest BCUT2D eigenvalue weighted by molar-refractivity contribution is -0.385. The van der Waals surface area contributed by atoms with Gasteiger partial charge in [-0.15, -0.1) is 0 Å². The highest BCUT2D eigenvalue weighted by molar-refractivity contribution is 9.09. The van der Waals surface area contributed by atoms with Gasteiger partial charge in [0.15, 0.2) is 0 Å². The fourth-order valence-electron chi connectivity index (χ4n) is 2.47. The molecular formula is C14H17BrN2O3. The molecule has 1 aromatic carbocycles. The molecule has 20 heavy (non-hydrogen) atoms. The Bertz CT molecular complexity index is 529. The summed E-state index contributed by atoms with van der Waals surface area (Å²) >= 11 is 3.35. The molecule has 0 bridgehead atoms. The number of nitro benzene ring substituents is 1. The van der Waals surface area contributed by atoms with Crippen LogP contribution in [0.25, 0.3) is 0 Å². The third-order valence-corrected chi connectivity index (χ3v) is 4.11. The molecular weight excluding hydrogens is 324 g/mol. The number of para-hydroxylation sites is 1. The Morgan fingerprint density at radius 1 is 1.50 bits per heavy atom. The molecule has 1 fully saturated rings. The van der Waals surface area contributed by atoms with Crippen molar-refractivity contribution in [3.8, 4) is 0 Å². The van der Waals surface area contributed by atoms with Crippen LogP contribution in [0.5, 0.6) is 0 Å². The number of benzene rings is 1. The van der Waals surface area contributed by atoms with Crippen LogP contribution in [0.15, 0.2) is 18.2 Å². The van der Waals surface area contributed by atoms with E-state index in [1.807, 2.05) is 0 Å². The molecule has 6 heteroatoms. The second kappa shape index (κ2) is 6.35. The van der Waals surface area contributed by atoms with Crippen LogP contribution in [0.3, 0.4) is 0 Å². The molecule has 0 aliphatic heterocycles. The van der Waals surface area contributed by atoms with Crippen molar-refractivity contribution in [3.05, 3.63) is 39.4 Å². The van der Waals surface area contributed by atoms with E-state index in [9.17, 15) is 14.9 Å². The number of aryl methyl sites for hydroxylation is 1. The quantitative estimate of drug-likeness (QED) is 0.469. The lowest BCUT2D eigenvalue weighted by atomic mass is 9.90. The number of nitrogens with zero attached hydrogens (tertiary/aromatic N) is 2. The van der Waals surface area contributed by atoms with Crippen LogP contribution in [0.1, 0.15) is 35.2 Å². The topological polar surface area (TPSA) is 63.5 Å². The summed E-state index contributed by atoms with van der Waals surface area (Å²) in [7, 11) is 0. The Kier molecular flexibility index (Phi) is 4.75. The highest BCUT2D eigenvalue weighted by atomic mass is 79.9. The summed E-state index contributed by atoms with van der Waals surface area (Å²) in [5.41, 5.74) is 0.646. The standard InChI is InChI=1S/C14H17BrN2O3/c1-10-4-2-7-12(13(10)17(19)20)14(18)16(9-8-15)11-5-3-6-11/h2,4,7,11H,3,5-6,8-9H2,1H3. The number of hydrogen-bond donors (Lipinski definition) is 0. The summed E-state index contributed by atoms with van der Waals surface area (Å²) < 4.78 is 0. The number of carbonyl (C=O) groups is 1. The predicted molar refractivity (Wildman–Crippen MR) is 80.3 cm³/mol. The minimum atomic E-state index is -0.463. The molecule has 2 rings (SSSR count). The molecule has 0 saturated heterocycles. The van der Waals surface area contributed by atoms with E-state index in [1.54, 1.807) is 30.0 Å². The Hall–Kier alpha value is -1.43. The number of halogens is 1. The van der Waals surface area contributed by atoms with E-state index < -0.39 is 4.92 Å². The Labute approximate surface area is 126 Å². The second-order valence-electron chi connectivity index (χ2n) is 5.00. The molecule has 0 atom stereocenters. The van der Waals surface area contributed by atoms with Crippen molar-refractivity contribution in [2.45, 2.75) is 32.2 Å². The summed E-state index contributed by atoms with van der Waals surface area (Å²) in [6.07, 6.45) is 3.09. The van der Waals surface area contributed by atoms with Crippen molar-refractivity contribution in [1.29, 1.82) is 0 Å². The predicted octanol–water partition coefficient (Wildman–Crippen LogP) is 3.29. The Morgan fingerprint density at radius 3 is 2.70 bits per heavy atom. The smallest absolute Gasteiger partial charge is 0.285 e. The largest absolute Gasteiger partial charge is 0.335 e. The monoisotopic (exact) mass is 340 g/mol. The number of rotatable bonds is 5. The van der Waals surface area contributed by atoms with E-state index in [-0.39, 0.29) is 23.2 Å². The molecule has 0 unspecified atom stereocenters. The summed E-state index contributed by atoms with van der Waals surface area (Å²) in [6, 6.07) is 5.13. The fraction of sp³-hybridized carbons (Fsp3) is 0.500. The van der Waals surface area contributed by atoms with Gasteiger partial charge in [0, 0.05) is 23.5 Å². The highest BCUT2D eigenvalue weighted by Gasteiger charge is 2.32. The highest BCUT2D eigenvalue weighted by Crippen LogP contribution is 2.29. The van der Waals surface area contributed by atoms with Gasteiger partial charge in [-0.05, 0) is 32.3 Å². The second-order valence-corrected chi connectivity index (χ2v) is 5.79. The first-order valence-corrected chi connectivity index (χ1v) is 7.79. The molecule has 0 radical (unpaired) electrons. The van der Waals surface area contributed by atoms with E-state index >= 15 is 0 Å². The number of carbonyl (C=O) groups excluding carboxylic acids is 1. The normalized spacial score (nSPS) is 14.7. The first kappa shape index (κ1) is 15.0. The molecule has 1 amide bonds. The van der Waals surface area contributed by atoms with Crippen LogP contribution in [0, 0.1) is 17.0 Å². The molecule has 5 nitrogen and oxygen atoms in total. The van der Waals surface area contributed by atoms with Gasteiger partial charge in [0.2, 0.25) is 0 Å².